The Morgan fingerprint density at radius 3 is 2.70 bits per heavy atom. The summed E-state index contributed by atoms with van der Waals surface area (Å²) in [5.74, 6) is 0.651. The highest BCUT2D eigenvalue weighted by Crippen LogP contribution is 2.34. The van der Waals surface area contributed by atoms with Gasteiger partial charge >= 0.3 is 0 Å². The highest BCUT2D eigenvalue weighted by Gasteiger charge is 2.16. The van der Waals surface area contributed by atoms with Crippen molar-refractivity contribution in [2.75, 3.05) is 5.32 Å². The van der Waals surface area contributed by atoms with Crippen LogP contribution in [0.4, 0.5) is 5.82 Å². The van der Waals surface area contributed by atoms with Gasteiger partial charge in [-0.05, 0) is 42.4 Å². The molecule has 1 aromatic carbocycles. The van der Waals surface area contributed by atoms with Gasteiger partial charge in [0.25, 0.3) is 0 Å². The molecule has 1 unspecified atom stereocenters. The summed E-state index contributed by atoms with van der Waals surface area (Å²) >= 11 is 1.88. The zero-order valence-corrected chi connectivity index (χ0v) is 14.0. The van der Waals surface area contributed by atoms with Crippen molar-refractivity contribution in [3.05, 3.63) is 59.6 Å². The van der Waals surface area contributed by atoms with Gasteiger partial charge < -0.3 is 5.32 Å². The Morgan fingerprint density at radius 1 is 1.22 bits per heavy atom. The summed E-state index contributed by atoms with van der Waals surface area (Å²) in [6.07, 6.45) is 6.57. The maximum absolute atomic E-state index is 12.0. The van der Waals surface area contributed by atoms with E-state index in [1.165, 1.54) is 4.91 Å². The van der Waals surface area contributed by atoms with Crippen molar-refractivity contribution in [3.63, 3.8) is 0 Å². The van der Waals surface area contributed by atoms with Crippen molar-refractivity contribution in [2.24, 2.45) is 0 Å². The van der Waals surface area contributed by atoms with E-state index >= 15 is 0 Å². The van der Waals surface area contributed by atoms with E-state index in [1.54, 1.807) is 6.20 Å². The molecule has 0 radical (unpaired) electrons. The number of anilines is 1. The molecule has 1 aliphatic rings. The molecule has 4 heteroatoms. The molecular weight excluding hydrogens is 304 g/mol. The Hall–Kier alpha value is -2.07. The number of hydrogen-bond donors (Lipinski definition) is 1. The number of carbonyl (C=O) groups excluding carboxylic acids is 1. The third-order valence-electron chi connectivity index (χ3n) is 3.85. The smallest absolute Gasteiger partial charge is 0.225 e. The fraction of sp³-hybridized carbons (Fsp3) is 0.263. The molecule has 1 aromatic heterocycles. The fourth-order valence-corrected chi connectivity index (χ4v) is 3.75. The van der Waals surface area contributed by atoms with Crippen molar-refractivity contribution in [1.82, 2.24) is 4.98 Å². The van der Waals surface area contributed by atoms with E-state index in [2.05, 4.69) is 23.3 Å². The summed E-state index contributed by atoms with van der Waals surface area (Å²) < 4.78 is 0. The average Bonchev–Trinajstić information content (AvgIpc) is 3.00. The van der Waals surface area contributed by atoms with Gasteiger partial charge in [0.1, 0.15) is 5.82 Å². The van der Waals surface area contributed by atoms with Gasteiger partial charge in [0, 0.05) is 23.4 Å². The molecule has 0 spiro atoms. The number of allylic oxidation sites excluding steroid dienone is 2. The molecule has 23 heavy (non-hydrogen) atoms. The Balaban J connectivity index is 1.51. The van der Waals surface area contributed by atoms with E-state index in [9.17, 15) is 4.79 Å². The normalized spacial score (nSPS) is 16.9. The summed E-state index contributed by atoms with van der Waals surface area (Å²) in [5.41, 5.74) is 2.17. The molecule has 0 fully saturated rings. The molecule has 0 bridgehead atoms. The number of nitrogens with one attached hydrogen (secondary N) is 1. The zero-order chi connectivity index (χ0) is 16.1. The quantitative estimate of drug-likeness (QED) is 0.852. The average molecular weight is 324 g/mol. The van der Waals surface area contributed by atoms with Crippen LogP contribution in [0.3, 0.4) is 0 Å². The topological polar surface area (TPSA) is 42.0 Å². The van der Waals surface area contributed by atoms with Gasteiger partial charge in [-0.3, -0.25) is 4.79 Å². The van der Waals surface area contributed by atoms with E-state index in [4.69, 9.17) is 0 Å². The molecule has 2 aromatic rings. The van der Waals surface area contributed by atoms with Crippen molar-refractivity contribution in [3.8, 4) is 11.1 Å². The van der Waals surface area contributed by atoms with E-state index in [-0.39, 0.29) is 5.91 Å². The van der Waals surface area contributed by atoms with Crippen LogP contribution >= 0.6 is 11.8 Å². The molecule has 0 saturated carbocycles. The van der Waals surface area contributed by atoms with Crippen LogP contribution in [0.15, 0.2) is 59.6 Å². The van der Waals surface area contributed by atoms with Gasteiger partial charge in [0.2, 0.25) is 5.91 Å². The highest BCUT2D eigenvalue weighted by molar-refractivity contribution is 8.03. The second-order valence-electron chi connectivity index (χ2n) is 5.68. The predicted octanol–water partition coefficient (Wildman–Crippen LogP) is 4.88. The number of pyridine rings is 1. The lowest BCUT2D eigenvalue weighted by Gasteiger charge is -2.09. The monoisotopic (exact) mass is 324 g/mol. The Bertz CT molecular complexity index is 695. The lowest BCUT2D eigenvalue weighted by Crippen LogP contribution is -2.14. The molecule has 3 nitrogen and oxygen atoms in total. The molecule has 1 atom stereocenters. The summed E-state index contributed by atoms with van der Waals surface area (Å²) in [6.45, 7) is 2.13. The van der Waals surface area contributed by atoms with Gasteiger partial charge in [-0.2, -0.15) is 0 Å². The molecule has 1 amide bonds. The van der Waals surface area contributed by atoms with Crippen molar-refractivity contribution in [2.45, 2.75) is 31.4 Å². The van der Waals surface area contributed by atoms with E-state index in [0.717, 1.165) is 24.0 Å². The molecule has 1 aliphatic heterocycles. The van der Waals surface area contributed by atoms with Crippen LogP contribution in [0.25, 0.3) is 11.1 Å². The number of nitrogens with zero attached hydrogens (tertiary/aromatic N) is 1. The van der Waals surface area contributed by atoms with Gasteiger partial charge in [-0.1, -0.05) is 36.4 Å². The largest absolute Gasteiger partial charge is 0.311 e. The summed E-state index contributed by atoms with van der Waals surface area (Å²) in [5, 5.41) is 3.43. The molecule has 3 rings (SSSR count). The summed E-state index contributed by atoms with van der Waals surface area (Å²) in [4.78, 5) is 17.7. The number of amides is 1. The first kappa shape index (κ1) is 15.8. The number of aromatic nitrogens is 1. The third kappa shape index (κ3) is 4.45. The minimum atomic E-state index is 0.0371. The van der Waals surface area contributed by atoms with Crippen LogP contribution < -0.4 is 5.32 Å². The molecular formula is C19H20N2OS. The fourth-order valence-electron chi connectivity index (χ4n) is 2.60. The van der Waals surface area contributed by atoms with Crippen molar-refractivity contribution in [1.29, 1.82) is 0 Å². The molecule has 0 saturated heterocycles. The van der Waals surface area contributed by atoms with Gasteiger partial charge in [0.15, 0.2) is 0 Å². The second-order valence-corrected chi connectivity index (χ2v) is 7.22. The van der Waals surface area contributed by atoms with Gasteiger partial charge in [0.05, 0.1) is 0 Å². The minimum Gasteiger partial charge on any atom is -0.311 e. The molecule has 2 heterocycles. The summed E-state index contributed by atoms with van der Waals surface area (Å²) in [7, 11) is 0. The predicted molar refractivity (Wildman–Crippen MR) is 97.3 cm³/mol. The SMILES string of the molecule is CC1=CCC(CCC(=O)Nc2ccc(-c3ccccc3)cn2)S1. The highest BCUT2D eigenvalue weighted by atomic mass is 32.2. The first-order valence-corrected chi connectivity index (χ1v) is 8.73. The lowest BCUT2D eigenvalue weighted by molar-refractivity contribution is -0.116. The molecule has 118 valence electrons. The number of rotatable bonds is 5. The number of hydrogen-bond acceptors (Lipinski definition) is 3. The standard InChI is InChI=1S/C19H20N2OS/c1-14-7-9-17(23-14)10-12-19(22)21-18-11-8-16(13-20-18)15-5-3-2-4-6-15/h2-8,11,13,17H,9-10,12H2,1H3,(H,20,21,22). The van der Waals surface area contributed by atoms with E-state index in [0.29, 0.717) is 17.5 Å². The van der Waals surface area contributed by atoms with Crippen LogP contribution in [-0.4, -0.2) is 16.1 Å². The van der Waals surface area contributed by atoms with Crippen LogP contribution in [0.5, 0.6) is 0 Å². The third-order valence-corrected chi connectivity index (χ3v) is 5.15. The van der Waals surface area contributed by atoms with Crippen LogP contribution in [0, 0.1) is 0 Å². The van der Waals surface area contributed by atoms with Crippen LogP contribution in [0.1, 0.15) is 26.2 Å². The Morgan fingerprint density at radius 2 is 2.04 bits per heavy atom. The molecule has 1 N–H and O–H groups in total. The first-order valence-electron chi connectivity index (χ1n) is 7.85. The first-order chi connectivity index (χ1) is 11.2. The lowest BCUT2D eigenvalue weighted by atomic mass is 10.1. The molecule has 0 aliphatic carbocycles. The van der Waals surface area contributed by atoms with Gasteiger partial charge in [-0.25, -0.2) is 4.98 Å². The maximum atomic E-state index is 12.0. The minimum absolute atomic E-state index is 0.0371. The Kier molecular flexibility index (Phi) is 5.13. The number of benzene rings is 1. The maximum Gasteiger partial charge on any atom is 0.225 e. The van der Waals surface area contributed by atoms with Crippen molar-refractivity contribution < 1.29 is 4.79 Å². The summed E-state index contributed by atoms with van der Waals surface area (Å²) in [6, 6.07) is 13.9. The van der Waals surface area contributed by atoms with Crippen LogP contribution in [-0.2, 0) is 4.79 Å². The second kappa shape index (κ2) is 7.47. The van der Waals surface area contributed by atoms with Gasteiger partial charge in [-0.15, -0.1) is 11.8 Å². The number of carbonyl (C=O) groups is 1. The number of thioether (sulfide) groups is 1. The van der Waals surface area contributed by atoms with E-state index < -0.39 is 0 Å². The zero-order valence-electron chi connectivity index (χ0n) is 13.2. The van der Waals surface area contributed by atoms with Crippen molar-refractivity contribution >= 4 is 23.5 Å². The van der Waals surface area contributed by atoms with Crippen LogP contribution in [0.2, 0.25) is 0 Å². The Labute approximate surface area is 141 Å². The van der Waals surface area contributed by atoms with E-state index in [1.807, 2.05) is 54.2 Å².